The first-order chi connectivity index (χ1) is 7.76. The third kappa shape index (κ3) is 1.55. The van der Waals surface area contributed by atoms with Gasteiger partial charge in [-0.15, -0.1) is 0 Å². The zero-order valence-corrected chi connectivity index (χ0v) is 8.81. The summed E-state index contributed by atoms with van der Waals surface area (Å²) in [6.45, 7) is 1.94. The minimum Gasteiger partial charge on any atom is -0.307 e. The average molecular weight is 207 g/mol. The van der Waals surface area contributed by atoms with E-state index in [1.807, 2.05) is 25.1 Å². The van der Waals surface area contributed by atoms with Gasteiger partial charge in [0, 0.05) is 6.20 Å². The molecule has 0 bridgehead atoms. The van der Waals surface area contributed by atoms with Gasteiger partial charge in [-0.05, 0) is 36.8 Å². The molecule has 0 saturated carbocycles. The molecule has 0 fully saturated rings. The topological polar surface area (TPSA) is 52.5 Å². The minimum absolute atomic E-state index is 0.528. The lowest BCUT2D eigenvalue weighted by molar-refractivity contribution is 1.04. The number of nitrogens with zero attached hydrogens (tertiary/aromatic N) is 3. The number of hydrogen-bond donors (Lipinski definition) is 0. The van der Waals surface area contributed by atoms with Crippen molar-refractivity contribution in [3.8, 4) is 17.8 Å². The predicted octanol–water partition coefficient (Wildman–Crippen LogP) is 2.53. The molecule has 2 rings (SSSR count). The van der Waals surface area contributed by atoms with Gasteiger partial charge in [-0.25, -0.2) is 0 Å². The maximum absolute atomic E-state index is 9.06. The van der Waals surface area contributed by atoms with Crippen molar-refractivity contribution >= 4 is 0 Å². The normalized spacial score (nSPS) is 9.44. The molecule has 0 aliphatic rings. The van der Waals surface area contributed by atoms with Crippen LogP contribution in [-0.2, 0) is 0 Å². The molecule has 2 aromatic rings. The van der Waals surface area contributed by atoms with Gasteiger partial charge in [-0.2, -0.15) is 10.5 Å². The summed E-state index contributed by atoms with van der Waals surface area (Å²) in [6.07, 6.45) is 1.78. The van der Waals surface area contributed by atoms with Crippen LogP contribution < -0.4 is 0 Å². The molecule has 1 aromatic carbocycles. The van der Waals surface area contributed by atoms with E-state index < -0.39 is 0 Å². The molecule has 1 aromatic heterocycles. The summed E-state index contributed by atoms with van der Waals surface area (Å²) >= 11 is 0. The van der Waals surface area contributed by atoms with E-state index in [2.05, 4.69) is 12.1 Å². The number of nitriles is 2. The van der Waals surface area contributed by atoms with Crippen molar-refractivity contribution in [1.29, 1.82) is 10.5 Å². The highest BCUT2D eigenvalue weighted by atomic mass is 15.0. The highest BCUT2D eigenvalue weighted by molar-refractivity contribution is 5.52. The summed E-state index contributed by atoms with van der Waals surface area (Å²) in [5.74, 6) is 0. The van der Waals surface area contributed by atoms with Crippen LogP contribution in [0, 0.1) is 29.6 Å². The second-order valence-corrected chi connectivity index (χ2v) is 3.51. The first-order valence-corrected chi connectivity index (χ1v) is 4.85. The van der Waals surface area contributed by atoms with E-state index >= 15 is 0 Å². The van der Waals surface area contributed by atoms with Gasteiger partial charge in [0.2, 0.25) is 0 Å². The number of benzene rings is 1. The van der Waals surface area contributed by atoms with Crippen molar-refractivity contribution in [3.05, 3.63) is 53.3 Å². The van der Waals surface area contributed by atoms with E-state index in [1.54, 1.807) is 22.9 Å². The molecule has 3 nitrogen and oxygen atoms in total. The molecular formula is C13H9N3. The van der Waals surface area contributed by atoms with Crippen molar-refractivity contribution in [2.45, 2.75) is 6.92 Å². The Kier molecular flexibility index (Phi) is 2.45. The summed E-state index contributed by atoms with van der Waals surface area (Å²) in [5.41, 5.74) is 2.88. The van der Waals surface area contributed by atoms with Gasteiger partial charge in [-0.1, -0.05) is 6.07 Å². The van der Waals surface area contributed by atoms with Crippen LogP contribution in [0.25, 0.3) is 5.69 Å². The van der Waals surface area contributed by atoms with Crippen LogP contribution in [-0.4, -0.2) is 4.57 Å². The smallest absolute Gasteiger partial charge is 0.124 e. The quantitative estimate of drug-likeness (QED) is 0.721. The van der Waals surface area contributed by atoms with Gasteiger partial charge >= 0.3 is 0 Å². The number of aryl methyl sites for hydroxylation is 1. The molecule has 0 atom stereocenters. The monoisotopic (exact) mass is 207 g/mol. The molecule has 0 amide bonds. The molecule has 16 heavy (non-hydrogen) atoms. The van der Waals surface area contributed by atoms with Crippen molar-refractivity contribution in [1.82, 2.24) is 4.57 Å². The van der Waals surface area contributed by atoms with Crippen LogP contribution >= 0.6 is 0 Å². The average Bonchev–Trinajstić information content (AvgIpc) is 2.76. The van der Waals surface area contributed by atoms with Gasteiger partial charge in [-0.3, -0.25) is 0 Å². The van der Waals surface area contributed by atoms with Gasteiger partial charge < -0.3 is 4.57 Å². The molecule has 0 aliphatic heterocycles. The second-order valence-electron chi connectivity index (χ2n) is 3.51. The summed E-state index contributed by atoms with van der Waals surface area (Å²) in [4.78, 5) is 0. The van der Waals surface area contributed by atoms with E-state index in [1.165, 1.54) is 0 Å². The fourth-order valence-electron chi connectivity index (χ4n) is 1.63. The molecule has 0 saturated heterocycles. The molecule has 1 heterocycles. The molecule has 0 unspecified atom stereocenters. The molecular weight excluding hydrogens is 198 g/mol. The van der Waals surface area contributed by atoms with Crippen molar-refractivity contribution < 1.29 is 0 Å². The molecule has 0 N–H and O–H groups in total. The van der Waals surface area contributed by atoms with Crippen LogP contribution in [0.15, 0.2) is 36.5 Å². The Bertz CT molecular complexity index is 609. The van der Waals surface area contributed by atoms with E-state index in [4.69, 9.17) is 10.5 Å². The van der Waals surface area contributed by atoms with E-state index in [0.29, 0.717) is 11.3 Å². The van der Waals surface area contributed by atoms with Crippen LogP contribution in [0.4, 0.5) is 0 Å². The van der Waals surface area contributed by atoms with Gasteiger partial charge in [0.15, 0.2) is 0 Å². The fourth-order valence-corrected chi connectivity index (χ4v) is 1.63. The third-order valence-corrected chi connectivity index (χ3v) is 2.40. The van der Waals surface area contributed by atoms with Crippen molar-refractivity contribution in [2.75, 3.05) is 0 Å². The van der Waals surface area contributed by atoms with E-state index in [0.717, 1.165) is 11.3 Å². The van der Waals surface area contributed by atoms with E-state index in [9.17, 15) is 0 Å². The standard InChI is InChI=1S/C13H9N3/c1-10-4-5-13(11(7-10)8-14)16-6-2-3-12(16)9-15/h2-7H,1H3. The minimum atomic E-state index is 0.528. The van der Waals surface area contributed by atoms with Gasteiger partial charge in [0.1, 0.15) is 17.8 Å². The number of rotatable bonds is 1. The highest BCUT2D eigenvalue weighted by Crippen LogP contribution is 2.18. The Hall–Kier alpha value is -2.52. The van der Waals surface area contributed by atoms with E-state index in [-0.39, 0.29) is 0 Å². The molecule has 76 valence electrons. The maximum Gasteiger partial charge on any atom is 0.124 e. The van der Waals surface area contributed by atoms with Crippen molar-refractivity contribution in [3.63, 3.8) is 0 Å². The second kappa shape index (κ2) is 3.92. The lowest BCUT2D eigenvalue weighted by Gasteiger charge is -2.07. The summed E-state index contributed by atoms with van der Waals surface area (Å²) in [5, 5.41) is 18.0. The Morgan fingerprint density at radius 3 is 2.62 bits per heavy atom. The zero-order valence-electron chi connectivity index (χ0n) is 8.81. The van der Waals surface area contributed by atoms with Gasteiger partial charge in [0.25, 0.3) is 0 Å². The molecule has 3 heteroatoms. The SMILES string of the molecule is Cc1ccc(-n2cccc2C#N)c(C#N)c1. The number of aromatic nitrogens is 1. The first-order valence-electron chi connectivity index (χ1n) is 4.85. The van der Waals surface area contributed by atoms with Gasteiger partial charge in [0.05, 0.1) is 11.3 Å². The zero-order chi connectivity index (χ0) is 11.5. The lowest BCUT2D eigenvalue weighted by atomic mass is 10.1. The summed E-state index contributed by atoms with van der Waals surface area (Å²) in [7, 11) is 0. The Morgan fingerprint density at radius 1 is 1.12 bits per heavy atom. The third-order valence-electron chi connectivity index (χ3n) is 2.40. The summed E-state index contributed by atoms with van der Waals surface area (Å²) < 4.78 is 1.72. The van der Waals surface area contributed by atoms with Crippen LogP contribution in [0.5, 0.6) is 0 Å². The summed E-state index contributed by atoms with van der Waals surface area (Å²) in [6, 6.07) is 13.4. The Balaban J connectivity index is 2.67. The van der Waals surface area contributed by atoms with Crippen molar-refractivity contribution in [2.24, 2.45) is 0 Å². The fraction of sp³-hybridized carbons (Fsp3) is 0.0769. The molecule has 0 spiro atoms. The maximum atomic E-state index is 9.06. The first kappa shape index (κ1) is 10.0. The largest absolute Gasteiger partial charge is 0.307 e. The Labute approximate surface area is 93.8 Å². The van der Waals surface area contributed by atoms with Crippen LogP contribution in [0.1, 0.15) is 16.8 Å². The van der Waals surface area contributed by atoms with Crippen LogP contribution in [0.3, 0.4) is 0 Å². The predicted molar refractivity (Wildman–Crippen MR) is 59.9 cm³/mol. The Morgan fingerprint density at radius 2 is 1.94 bits per heavy atom. The lowest BCUT2D eigenvalue weighted by Crippen LogP contribution is -1.98. The number of hydrogen-bond acceptors (Lipinski definition) is 2. The highest BCUT2D eigenvalue weighted by Gasteiger charge is 2.07. The molecule has 0 radical (unpaired) electrons. The van der Waals surface area contributed by atoms with Crippen LogP contribution in [0.2, 0.25) is 0 Å². The molecule has 0 aliphatic carbocycles.